The molecule has 0 aromatic carbocycles. The summed E-state index contributed by atoms with van der Waals surface area (Å²) in [5, 5.41) is 0. The Morgan fingerprint density at radius 1 is 1.25 bits per heavy atom. The summed E-state index contributed by atoms with van der Waals surface area (Å²) in [6, 6.07) is 5.86. The predicted molar refractivity (Wildman–Crippen MR) is 76.6 cm³/mol. The molecule has 1 aromatic heterocycles. The summed E-state index contributed by atoms with van der Waals surface area (Å²) in [6.07, 6.45) is 8.85. The molecular weight excluding hydrogens is 276 g/mol. The third-order valence-corrected chi connectivity index (χ3v) is 4.65. The Balaban J connectivity index is 0.000000276. The Bertz CT molecular complexity index is 553. The molecule has 0 saturated carbocycles. The highest BCUT2D eigenvalue weighted by Gasteiger charge is 2.37. The van der Waals surface area contributed by atoms with Gasteiger partial charge < -0.3 is 4.55 Å². The van der Waals surface area contributed by atoms with Crippen molar-refractivity contribution in [1.29, 1.82) is 0 Å². The Labute approximate surface area is 120 Å². The Hall–Kier alpha value is -1.50. The molecule has 1 heterocycles. The van der Waals surface area contributed by atoms with Crippen LogP contribution in [0, 0.1) is 0 Å². The minimum Gasteiger partial charge on any atom is -0.746 e. The molecule has 0 radical (unpaired) electrons. The Kier molecular flexibility index (Phi) is 5.62. The highest BCUT2D eigenvalue weighted by atomic mass is 32.2. The van der Waals surface area contributed by atoms with E-state index in [-0.39, 0.29) is 6.42 Å². The topological polar surface area (TPSA) is 74.6 Å². The maximum absolute atomic E-state index is 11.2. The molecule has 1 aliphatic rings. The van der Waals surface area contributed by atoms with Gasteiger partial charge in [0, 0.05) is 18.6 Å². The van der Waals surface area contributed by atoms with Gasteiger partial charge in [-0.1, -0.05) is 23.8 Å². The molecule has 1 aromatic rings. The van der Waals surface area contributed by atoms with Gasteiger partial charge in [0.05, 0.1) is 0 Å². The van der Waals surface area contributed by atoms with Crippen molar-refractivity contribution < 1.29 is 18.0 Å². The summed E-state index contributed by atoms with van der Waals surface area (Å²) in [4.78, 5) is 2.92. The second-order valence-corrected chi connectivity index (χ2v) is 6.37. The van der Waals surface area contributed by atoms with Crippen LogP contribution in [-0.2, 0) is 10.1 Å². The van der Waals surface area contributed by atoms with Crippen LogP contribution in [0.3, 0.4) is 0 Å². The van der Waals surface area contributed by atoms with Gasteiger partial charge in [0.15, 0.2) is 12.4 Å². The van der Waals surface area contributed by atoms with Crippen LogP contribution in [0.4, 0.5) is 0 Å². The smallest absolute Gasteiger partial charge is 0.166 e. The summed E-state index contributed by atoms with van der Waals surface area (Å²) >= 11 is 0. The van der Waals surface area contributed by atoms with Crippen molar-refractivity contribution >= 4 is 10.1 Å². The van der Waals surface area contributed by atoms with E-state index in [1.54, 1.807) is 26.2 Å². The van der Waals surface area contributed by atoms with Crippen molar-refractivity contribution in [2.75, 3.05) is 14.1 Å². The molecule has 0 amide bonds. The molecule has 5 nitrogen and oxygen atoms in total. The number of nitrogens with one attached hydrogen (secondary N) is 1. The number of nitrogens with zero attached hydrogens (tertiary/aromatic N) is 1. The third kappa shape index (κ3) is 4.00. The SMILES string of the molecule is CC1=CCC(N(C)C)(S(=O)(=O)[O-])C=C1.c1cc[nH+]cc1. The van der Waals surface area contributed by atoms with Crippen LogP contribution < -0.4 is 4.98 Å². The van der Waals surface area contributed by atoms with Crippen molar-refractivity contribution in [3.63, 3.8) is 0 Å². The molecule has 1 N–H and O–H groups in total. The zero-order chi connectivity index (χ0) is 15.2. The van der Waals surface area contributed by atoms with Gasteiger partial charge in [-0.2, -0.15) is 0 Å². The molecule has 6 heteroatoms. The van der Waals surface area contributed by atoms with Gasteiger partial charge in [0.25, 0.3) is 0 Å². The zero-order valence-electron chi connectivity index (χ0n) is 11.9. The van der Waals surface area contributed by atoms with E-state index < -0.39 is 15.0 Å². The van der Waals surface area contributed by atoms with E-state index in [2.05, 4.69) is 4.98 Å². The lowest BCUT2D eigenvalue weighted by molar-refractivity contribution is -0.377. The molecule has 2 rings (SSSR count). The van der Waals surface area contributed by atoms with Gasteiger partial charge >= 0.3 is 0 Å². The van der Waals surface area contributed by atoms with Crippen LogP contribution in [-0.4, -0.2) is 36.8 Å². The minimum atomic E-state index is -4.37. The van der Waals surface area contributed by atoms with E-state index in [1.165, 1.54) is 11.0 Å². The molecule has 0 aliphatic heterocycles. The van der Waals surface area contributed by atoms with E-state index in [0.717, 1.165) is 5.57 Å². The van der Waals surface area contributed by atoms with E-state index in [0.29, 0.717) is 0 Å². The zero-order valence-corrected chi connectivity index (χ0v) is 12.7. The van der Waals surface area contributed by atoms with E-state index in [4.69, 9.17) is 0 Å². The molecule has 1 unspecified atom stereocenters. The Morgan fingerprint density at radius 2 is 1.85 bits per heavy atom. The van der Waals surface area contributed by atoms with Gasteiger partial charge in [-0.3, -0.25) is 4.90 Å². The fraction of sp³-hybridized carbons (Fsp3) is 0.357. The highest BCUT2D eigenvalue weighted by Crippen LogP contribution is 2.30. The highest BCUT2D eigenvalue weighted by molar-refractivity contribution is 7.87. The summed E-state index contributed by atoms with van der Waals surface area (Å²) < 4.78 is 33.5. The Morgan fingerprint density at radius 3 is 2.10 bits per heavy atom. The monoisotopic (exact) mass is 296 g/mol. The van der Waals surface area contributed by atoms with Crippen molar-refractivity contribution in [1.82, 2.24) is 4.90 Å². The van der Waals surface area contributed by atoms with Crippen molar-refractivity contribution in [3.8, 4) is 0 Å². The number of rotatable bonds is 2. The van der Waals surface area contributed by atoms with Gasteiger partial charge in [-0.15, -0.1) is 0 Å². The lowest BCUT2D eigenvalue weighted by Crippen LogP contribution is -2.49. The molecular formula is C14H20N2O3S. The average Bonchev–Trinajstić information content (AvgIpc) is 2.40. The van der Waals surface area contributed by atoms with Gasteiger partial charge in [0.2, 0.25) is 0 Å². The first-order valence-electron chi connectivity index (χ1n) is 6.19. The number of aromatic amines is 1. The van der Waals surface area contributed by atoms with Gasteiger partial charge in [-0.05, 0) is 27.1 Å². The summed E-state index contributed by atoms with van der Waals surface area (Å²) in [5.41, 5.74) is 0.978. The maximum Gasteiger partial charge on any atom is 0.166 e. The number of aromatic nitrogens is 1. The quantitative estimate of drug-likeness (QED) is 0.768. The predicted octanol–water partition coefficient (Wildman–Crippen LogP) is 1.20. The number of likely N-dealkylation sites (N-methyl/N-ethyl adjacent to an activating group) is 1. The van der Waals surface area contributed by atoms with Crippen LogP contribution in [0.25, 0.3) is 0 Å². The summed E-state index contributed by atoms with van der Waals surface area (Å²) in [6.45, 7) is 1.87. The molecule has 0 saturated heterocycles. The first-order chi connectivity index (χ1) is 9.29. The molecule has 0 fully saturated rings. The van der Waals surface area contributed by atoms with Crippen LogP contribution in [0.2, 0.25) is 0 Å². The normalized spacial score (nSPS) is 21.9. The molecule has 110 valence electrons. The molecule has 0 bridgehead atoms. The maximum atomic E-state index is 11.2. The largest absolute Gasteiger partial charge is 0.746 e. The lowest BCUT2D eigenvalue weighted by atomic mass is 10.0. The van der Waals surface area contributed by atoms with Crippen LogP contribution in [0.5, 0.6) is 0 Å². The van der Waals surface area contributed by atoms with E-state index >= 15 is 0 Å². The van der Waals surface area contributed by atoms with Crippen LogP contribution >= 0.6 is 0 Å². The number of allylic oxidation sites excluding steroid dienone is 2. The molecule has 20 heavy (non-hydrogen) atoms. The van der Waals surface area contributed by atoms with Crippen molar-refractivity contribution in [3.05, 3.63) is 54.4 Å². The first kappa shape index (κ1) is 16.6. The van der Waals surface area contributed by atoms with Crippen molar-refractivity contribution in [2.24, 2.45) is 0 Å². The fourth-order valence-electron chi connectivity index (χ4n) is 1.79. The van der Waals surface area contributed by atoms with E-state index in [1.807, 2.05) is 37.5 Å². The third-order valence-electron chi connectivity index (χ3n) is 3.12. The lowest BCUT2D eigenvalue weighted by Gasteiger charge is -2.40. The summed E-state index contributed by atoms with van der Waals surface area (Å²) in [7, 11) is -1.18. The van der Waals surface area contributed by atoms with Gasteiger partial charge in [-0.25, -0.2) is 13.4 Å². The second-order valence-electron chi connectivity index (χ2n) is 4.76. The number of hydrogen-bond donors (Lipinski definition) is 0. The first-order valence-corrected chi connectivity index (χ1v) is 7.60. The minimum absolute atomic E-state index is 0.216. The van der Waals surface area contributed by atoms with Crippen molar-refractivity contribution in [2.45, 2.75) is 18.2 Å². The standard InChI is InChI=1S/C9H15NO3S.C5H5N/c1-8-4-6-9(7-5-8,10(2)3)14(11,12)13;1-2-4-6-5-3-1/h4-6H,7H2,1-3H3,(H,11,12,13);1-5H. The molecule has 1 aliphatic carbocycles. The van der Waals surface area contributed by atoms with Crippen LogP contribution in [0.1, 0.15) is 13.3 Å². The van der Waals surface area contributed by atoms with Crippen LogP contribution in [0.15, 0.2) is 54.4 Å². The molecule has 0 spiro atoms. The molecule has 1 atom stereocenters. The number of H-pyrrole nitrogens is 1. The second kappa shape index (κ2) is 6.78. The number of hydrogen-bond acceptors (Lipinski definition) is 4. The average molecular weight is 296 g/mol. The fourth-order valence-corrected chi connectivity index (χ4v) is 2.76. The summed E-state index contributed by atoms with van der Waals surface area (Å²) in [5.74, 6) is 0. The number of pyridine rings is 1. The van der Waals surface area contributed by atoms with E-state index in [9.17, 15) is 13.0 Å². The van der Waals surface area contributed by atoms with Gasteiger partial charge in [0.1, 0.15) is 15.0 Å².